The number of aliphatic hydroxyl groups excluding tert-OH is 1. The van der Waals surface area contributed by atoms with Crippen LogP contribution in [0.5, 0.6) is 5.75 Å². The standard InChI is InChI=1S/C29H37NO5/c1-18(2)35-23-12-9-8-11-21(23)25-24(27(32)28(33)30(25)15-10-16-34-7)26(31)22-17-20(29(4,5)6)14-13-19(22)3/h8-9,11-14,17-18,25,31H,10,15-16H2,1-7H3/b26-24+. The third kappa shape index (κ3) is 5.59. The van der Waals surface area contributed by atoms with E-state index in [1.807, 2.05) is 63.2 Å². The van der Waals surface area contributed by atoms with Crippen molar-refractivity contribution in [3.8, 4) is 5.75 Å². The van der Waals surface area contributed by atoms with Gasteiger partial charge in [0.25, 0.3) is 11.7 Å². The van der Waals surface area contributed by atoms with Gasteiger partial charge in [-0.25, -0.2) is 0 Å². The smallest absolute Gasteiger partial charge is 0.295 e. The summed E-state index contributed by atoms with van der Waals surface area (Å²) in [7, 11) is 1.60. The molecule has 1 unspecified atom stereocenters. The second-order valence-electron chi connectivity index (χ2n) is 10.3. The monoisotopic (exact) mass is 479 g/mol. The molecule has 6 heteroatoms. The molecule has 0 spiro atoms. The van der Waals surface area contributed by atoms with Crippen LogP contribution in [0.2, 0.25) is 0 Å². The number of hydrogen-bond donors (Lipinski definition) is 1. The first-order valence-electron chi connectivity index (χ1n) is 12.1. The molecule has 1 aliphatic rings. The minimum Gasteiger partial charge on any atom is -0.507 e. The van der Waals surface area contributed by atoms with E-state index in [1.165, 1.54) is 4.90 Å². The van der Waals surface area contributed by atoms with Gasteiger partial charge in [0.1, 0.15) is 11.5 Å². The van der Waals surface area contributed by atoms with Crippen LogP contribution < -0.4 is 4.74 Å². The summed E-state index contributed by atoms with van der Waals surface area (Å²) in [6.45, 7) is 12.8. The molecule has 1 fully saturated rings. The van der Waals surface area contributed by atoms with Gasteiger partial charge in [0.15, 0.2) is 0 Å². The number of benzene rings is 2. The first-order chi connectivity index (χ1) is 16.5. The Morgan fingerprint density at radius 2 is 1.80 bits per heavy atom. The molecule has 1 aliphatic heterocycles. The van der Waals surface area contributed by atoms with Gasteiger partial charge in [-0.3, -0.25) is 9.59 Å². The third-order valence-electron chi connectivity index (χ3n) is 6.22. The number of hydrogen-bond acceptors (Lipinski definition) is 5. The number of likely N-dealkylation sites (tertiary alicyclic amines) is 1. The first-order valence-corrected chi connectivity index (χ1v) is 12.1. The maximum absolute atomic E-state index is 13.4. The zero-order valence-corrected chi connectivity index (χ0v) is 21.8. The molecule has 0 aromatic heterocycles. The molecule has 3 rings (SSSR count). The number of carbonyl (C=O) groups excluding carboxylic acids is 2. The van der Waals surface area contributed by atoms with Gasteiger partial charge in [-0.2, -0.15) is 0 Å². The van der Waals surface area contributed by atoms with Crippen molar-refractivity contribution in [1.29, 1.82) is 0 Å². The van der Waals surface area contributed by atoms with Gasteiger partial charge in [0.2, 0.25) is 0 Å². The van der Waals surface area contributed by atoms with Crippen molar-refractivity contribution in [3.63, 3.8) is 0 Å². The predicted octanol–water partition coefficient (Wildman–Crippen LogP) is 5.54. The highest BCUT2D eigenvalue weighted by molar-refractivity contribution is 6.46. The van der Waals surface area contributed by atoms with Gasteiger partial charge in [-0.15, -0.1) is 0 Å². The van der Waals surface area contributed by atoms with Crippen LogP contribution >= 0.6 is 0 Å². The van der Waals surface area contributed by atoms with Gasteiger partial charge >= 0.3 is 0 Å². The van der Waals surface area contributed by atoms with E-state index >= 15 is 0 Å². The zero-order chi connectivity index (χ0) is 25.9. The Morgan fingerprint density at radius 3 is 2.43 bits per heavy atom. The molecule has 0 saturated carbocycles. The second-order valence-corrected chi connectivity index (χ2v) is 10.3. The molecule has 1 saturated heterocycles. The van der Waals surface area contributed by atoms with Crippen molar-refractivity contribution < 1.29 is 24.2 Å². The first kappa shape index (κ1) is 26.5. The largest absolute Gasteiger partial charge is 0.507 e. The molecule has 0 radical (unpaired) electrons. The number of para-hydroxylation sites is 1. The zero-order valence-electron chi connectivity index (χ0n) is 21.8. The van der Waals surface area contributed by atoms with Gasteiger partial charge in [-0.05, 0) is 55.9 Å². The maximum Gasteiger partial charge on any atom is 0.295 e. The van der Waals surface area contributed by atoms with Crippen LogP contribution in [0.4, 0.5) is 0 Å². The van der Waals surface area contributed by atoms with E-state index < -0.39 is 17.7 Å². The molecule has 35 heavy (non-hydrogen) atoms. The number of carbonyl (C=O) groups is 2. The third-order valence-corrected chi connectivity index (χ3v) is 6.22. The number of Topliss-reactive ketones (excluding diaryl/α,β-unsaturated/α-hetero) is 1. The van der Waals surface area contributed by atoms with E-state index in [-0.39, 0.29) is 22.9 Å². The number of nitrogens with zero attached hydrogens (tertiary/aromatic N) is 1. The molecular formula is C29H37NO5. The number of aliphatic hydroxyl groups is 1. The average molecular weight is 480 g/mol. The Labute approximate surface area is 208 Å². The Kier molecular flexibility index (Phi) is 8.06. The summed E-state index contributed by atoms with van der Waals surface area (Å²) in [6.07, 6.45) is 0.462. The highest BCUT2D eigenvalue weighted by Gasteiger charge is 2.47. The van der Waals surface area contributed by atoms with Gasteiger partial charge < -0.3 is 19.5 Å². The van der Waals surface area contributed by atoms with Crippen LogP contribution in [0.1, 0.15) is 69.3 Å². The SMILES string of the molecule is COCCCN1C(=O)C(=O)/C(=C(/O)c2cc(C(C)(C)C)ccc2C)C1c1ccccc1OC(C)C. The molecule has 188 valence electrons. The lowest BCUT2D eigenvalue weighted by molar-refractivity contribution is -0.140. The fraction of sp³-hybridized carbons (Fsp3) is 0.448. The molecule has 2 aromatic rings. The van der Waals surface area contributed by atoms with Gasteiger partial charge in [-0.1, -0.05) is 51.1 Å². The summed E-state index contributed by atoms with van der Waals surface area (Å²) >= 11 is 0. The lowest BCUT2D eigenvalue weighted by Crippen LogP contribution is -2.31. The summed E-state index contributed by atoms with van der Waals surface area (Å²) in [4.78, 5) is 28.1. The number of amides is 1. The van der Waals surface area contributed by atoms with E-state index in [1.54, 1.807) is 7.11 Å². The molecule has 2 aromatic carbocycles. The van der Waals surface area contributed by atoms with Crippen LogP contribution in [0.15, 0.2) is 48.0 Å². The van der Waals surface area contributed by atoms with Gasteiger partial charge in [0, 0.05) is 31.4 Å². The number of rotatable bonds is 8. The average Bonchev–Trinajstić information content (AvgIpc) is 3.03. The highest BCUT2D eigenvalue weighted by atomic mass is 16.5. The minimum absolute atomic E-state index is 0.0846. The molecule has 1 heterocycles. The van der Waals surface area contributed by atoms with Crippen LogP contribution in [0.25, 0.3) is 5.76 Å². The molecule has 0 aliphatic carbocycles. The fourth-order valence-electron chi connectivity index (χ4n) is 4.37. The van der Waals surface area contributed by atoms with Crippen LogP contribution in [-0.2, 0) is 19.7 Å². The van der Waals surface area contributed by atoms with E-state index in [0.717, 1.165) is 11.1 Å². The summed E-state index contributed by atoms with van der Waals surface area (Å²) < 4.78 is 11.2. The van der Waals surface area contributed by atoms with Crippen molar-refractivity contribution in [2.75, 3.05) is 20.3 Å². The maximum atomic E-state index is 13.4. The summed E-state index contributed by atoms with van der Waals surface area (Å²) in [6, 6.07) is 12.5. The second kappa shape index (κ2) is 10.6. The summed E-state index contributed by atoms with van der Waals surface area (Å²) in [5, 5.41) is 11.6. The molecular weight excluding hydrogens is 442 g/mol. The predicted molar refractivity (Wildman–Crippen MR) is 138 cm³/mol. The summed E-state index contributed by atoms with van der Waals surface area (Å²) in [5.41, 5.74) is 3.02. The number of methoxy groups -OCH3 is 1. The lowest BCUT2D eigenvalue weighted by Gasteiger charge is -2.27. The van der Waals surface area contributed by atoms with E-state index in [2.05, 4.69) is 20.8 Å². The van der Waals surface area contributed by atoms with Crippen LogP contribution in [0.3, 0.4) is 0 Å². The van der Waals surface area contributed by atoms with E-state index in [4.69, 9.17) is 9.47 Å². The Morgan fingerprint density at radius 1 is 1.11 bits per heavy atom. The van der Waals surface area contributed by atoms with Crippen molar-refractivity contribution in [1.82, 2.24) is 4.90 Å². The van der Waals surface area contributed by atoms with E-state index in [9.17, 15) is 14.7 Å². The normalized spacial score (nSPS) is 17.9. The summed E-state index contributed by atoms with van der Waals surface area (Å²) in [5.74, 6) is -0.899. The van der Waals surface area contributed by atoms with Crippen LogP contribution in [-0.4, -0.2) is 48.1 Å². The topological polar surface area (TPSA) is 76.1 Å². The Bertz CT molecular complexity index is 1130. The number of ether oxygens (including phenoxy) is 2. The number of aryl methyl sites for hydroxylation is 1. The van der Waals surface area contributed by atoms with Crippen molar-refractivity contribution in [3.05, 3.63) is 70.3 Å². The molecule has 6 nitrogen and oxygen atoms in total. The van der Waals surface area contributed by atoms with Gasteiger partial charge in [0.05, 0.1) is 17.7 Å². The lowest BCUT2D eigenvalue weighted by atomic mass is 9.84. The molecule has 0 bridgehead atoms. The quantitative estimate of drug-likeness (QED) is 0.233. The van der Waals surface area contributed by atoms with Crippen molar-refractivity contribution in [2.45, 2.75) is 65.5 Å². The van der Waals surface area contributed by atoms with Crippen LogP contribution in [0, 0.1) is 6.92 Å². The Hall–Kier alpha value is -3.12. The minimum atomic E-state index is -0.764. The number of ketones is 1. The van der Waals surface area contributed by atoms with Crippen molar-refractivity contribution >= 4 is 17.4 Å². The van der Waals surface area contributed by atoms with E-state index in [0.29, 0.717) is 36.4 Å². The molecule has 1 atom stereocenters. The fourth-order valence-corrected chi connectivity index (χ4v) is 4.37. The molecule has 1 amide bonds. The highest BCUT2D eigenvalue weighted by Crippen LogP contribution is 2.43. The van der Waals surface area contributed by atoms with Crippen molar-refractivity contribution in [2.24, 2.45) is 0 Å². The Balaban J connectivity index is 2.25. The molecule has 1 N–H and O–H groups in total.